The molecule has 0 bridgehead atoms. The first kappa shape index (κ1) is 44.4. The van der Waals surface area contributed by atoms with Gasteiger partial charge in [0.25, 0.3) is 11.8 Å². The first-order valence-corrected chi connectivity index (χ1v) is 21.8. The summed E-state index contributed by atoms with van der Waals surface area (Å²) in [5.74, 6) is -1.39. The van der Waals surface area contributed by atoms with Gasteiger partial charge < -0.3 is 40.5 Å². The molecule has 6 amide bonds. The molecule has 63 heavy (non-hydrogen) atoms. The molecule has 4 atom stereocenters. The maximum absolute atomic E-state index is 14.1. The van der Waals surface area contributed by atoms with Crippen molar-refractivity contribution in [2.45, 2.75) is 94.8 Å². The highest BCUT2D eigenvalue weighted by Gasteiger charge is 2.44. The lowest BCUT2D eigenvalue weighted by Crippen LogP contribution is -2.48. The first-order valence-electron chi connectivity index (χ1n) is 21.8. The summed E-state index contributed by atoms with van der Waals surface area (Å²) < 4.78 is 9.65. The van der Waals surface area contributed by atoms with E-state index in [1.54, 1.807) is 58.3 Å². The number of carbonyl (C=O) groups is 6. The maximum Gasteiger partial charge on any atom is 0.407 e. The molecule has 4 aromatic carbocycles. The number of alkyl carbamates (subject to hydrolysis) is 2. The number of nitrogens with zero attached hydrogens (tertiary/aromatic N) is 2. The number of carbonyl (C=O) groups excluding carboxylic acids is 6. The monoisotopic (exact) mass is 856 g/mol. The Morgan fingerprint density at radius 2 is 1.00 bits per heavy atom. The molecular formula is C49H56N6O8. The number of methoxy groups -OCH3 is 2. The Morgan fingerprint density at radius 1 is 0.603 bits per heavy atom. The molecule has 2 fully saturated rings. The summed E-state index contributed by atoms with van der Waals surface area (Å²) in [5.41, 5.74) is 6.27. The average molecular weight is 857 g/mol. The van der Waals surface area contributed by atoms with E-state index in [1.807, 2.05) is 36.4 Å². The molecule has 0 radical (unpaired) electrons. The summed E-state index contributed by atoms with van der Waals surface area (Å²) in [6.07, 6.45) is 4.15. The lowest BCUT2D eigenvalue weighted by Gasteiger charge is -2.33. The first-order chi connectivity index (χ1) is 30.5. The minimum absolute atomic E-state index is 0.307. The number of hydrogen-bond donors (Lipinski definition) is 4. The minimum atomic E-state index is -1.02. The Hall–Kier alpha value is -6.70. The number of hydrogen-bond acceptors (Lipinski definition) is 8. The zero-order chi connectivity index (χ0) is 44.7. The summed E-state index contributed by atoms with van der Waals surface area (Å²) in [7, 11) is 2.48. The molecule has 2 heterocycles. The van der Waals surface area contributed by atoms with Crippen LogP contribution in [0.3, 0.4) is 0 Å². The predicted octanol–water partition coefficient (Wildman–Crippen LogP) is 7.61. The summed E-state index contributed by atoms with van der Waals surface area (Å²) in [6.45, 7) is 5.04. The maximum atomic E-state index is 14.1. The molecule has 4 N–H and O–H groups in total. The average Bonchev–Trinajstić information content (AvgIpc) is 4.06. The van der Waals surface area contributed by atoms with Gasteiger partial charge in [0.05, 0.1) is 14.2 Å². The van der Waals surface area contributed by atoms with Crippen molar-refractivity contribution in [2.24, 2.45) is 0 Å². The molecule has 330 valence electrons. The molecule has 2 saturated heterocycles. The second-order valence-corrected chi connectivity index (χ2v) is 16.4. The zero-order valence-electron chi connectivity index (χ0n) is 36.3. The molecule has 14 heteroatoms. The number of fused-ring (bicyclic) bond motifs is 3. The number of rotatable bonds is 14. The smallest absolute Gasteiger partial charge is 0.407 e. The molecule has 3 aliphatic rings. The van der Waals surface area contributed by atoms with E-state index >= 15 is 0 Å². The van der Waals surface area contributed by atoms with Crippen molar-refractivity contribution in [1.29, 1.82) is 0 Å². The Bertz CT molecular complexity index is 2180. The summed E-state index contributed by atoms with van der Waals surface area (Å²) >= 11 is 0. The van der Waals surface area contributed by atoms with Gasteiger partial charge in [0.1, 0.15) is 24.2 Å². The fourth-order valence-electron chi connectivity index (χ4n) is 9.78. The SMILES string of the molecule is CCCC1(CCC)c2cc(NC(=O)[C@@H]3CCCN3C(=O)[C@H](NC(=O)OC)c3ccccc3)ccc2-c2ccc(NC(=O)[C@@H]3CCCN3C(=O)[C@H](NC(=O)OC)c3ccccc3)cc21. The fraction of sp³-hybridized carbons (Fsp3) is 0.388. The molecule has 14 nitrogen and oxygen atoms in total. The third-order valence-corrected chi connectivity index (χ3v) is 12.6. The molecule has 0 saturated carbocycles. The van der Waals surface area contributed by atoms with Gasteiger partial charge in [0, 0.05) is 29.9 Å². The van der Waals surface area contributed by atoms with Gasteiger partial charge in [-0.25, -0.2) is 9.59 Å². The number of ether oxygens (including phenoxy) is 2. The minimum Gasteiger partial charge on any atom is -0.453 e. The van der Waals surface area contributed by atoms with Crippen LogP contribution in [0.1, 0.15) is 99.6 Å². The number of anilines is 2. The lowest BCUT2D eigenvalue weighted by molar-refractivity contribution is -0.138. The number of amides is 6. The Kier molecular flexibility index (Phi) is 13.8. The van der Waals surface area contributed by atoms with E-state index in [0.29, 0.717) is 61.3 Å². The van der Waals surface area contributed by atoms with Crippen LogP contribution in [0.2, 0.25) is 0 Å². The highest BCUT2D eigenvalue weighted by Crippen LogP contribution is 2.55. The third kappa shape index (κ3) is 9.11. The van der Waals surface area contributed by atoms with E-state index in [1.165, 1.54) is 14.2 Å². The number of likely N-dealkylation sites (tertiary alicyclic amines) is 2. The van der Waals surface area contributed by atoms with Crippen LogP contribution in [0.4, 0.5) is 21.0 Å². The number of benzene rings is 4. The van der Waals surface area contributed by atoms with E-state index in [2.05, 4.69) is 47.2 Å². The molecular weight excluding hydrogens is 801 g/mol. The van der Waals surface area contributed by atoms with Gasteiger partial charge in [-0.1, -0.05) is 99.5 Å². The van der Waals surface area contributed by atoms with Crippen molar-refractivity contribution < 1.29 is 38.2 Å². The van der Waals surface area contributed by atoms with Crippen molar-refractivity contribution >= 4 is 47.2 Å². The lowest BCUT2D eigenvalue weighted by atomic mass is 9.71. The van der Waals surface area contributed by atoms with Gasteiger partial charge in [-0.3, -0.25) is 19.2 Å². The van der Waals surface area contributed by atoms with Crippen LogP contribution in [0, 0.1) is 0 Å². The quantitative estimate of drug-likeness (QED) is 0.100. The topological polar surface area (TPSA) is 175 Å². The Labute approximate surface area is 368 Å². The highest BCUT2D eigenvalue weighted by molar-refractivity contribution is 6.01. The molecule has 0 spiro atoms. The summed E-state index contributed by atoms with van der Waals surface area (Å²) in [6, 6.07) is 26.2. The van der Waals surface area contributed by atoms with Crippen LogP contribution in [0.25, 0.3) is 11.1 Å². The van der Waals surface area contributed by atoms with Crippen molar-refractivity contribution in [3.8, 4) is 11.1 Å². The van der Waals surface area contributed by atoms with Crippen LogP contribution in [0.15, 0.2) is 97.1 Å². The number of nitrogens with one attached hydrogen (secondary N) is 4. The Balaban J connectivity index is 1.11. The molecule has 1 aliphatic carbocycles. The highest BCUT2D eigenvalue weighted by atomic mass is 16.5. The predicted molar refractivity (Wildman–Crippen MR) is 239 cm³/mol. The van der Waals surface area contributed by atoms with Crippen LogP contribution in [-0.2, 0) is 34.1 Å². The molecule has 0 unspecified atom stereocenters. The van der Waals surface area contributed by atoms with E-state index in [-0.39, 0.29) is 23.6 Å². The standard InChI is InChI=1S/C49H56N6O8/c1-5-25-49(26-6-2)37-29-33(50-43(56)39-19-13-27-54(39)45(58)41(52-47(60)62-3)31-15-9-7-10-16-31)21-23-35(37)36-24-22-34(30-38(36)49)51-44(57)40-20-14-28-55(40)46(59)42(53-48(61)63-4)32-17-11-8-12-18-32/h7-12,15-18,21-24,29-30,39-42H,5-6,13-14,19-20,25-28H2,1-4H3,(H,50,56)(H,51,57)(H,52,60)(H,53,61)/t39-,40-,41+,42+/m0/s1. The van der Waals surface area contributed by atoms with Crippen LogP contribution >= 0.6 is 0 Å². The normalized spacial score (nSPS) is 18.0. The van der Waals surface area contributed by atoms with E-state index in [9.17, 15) is 28.8 Å². The third-order valence-electron chi connectivity index (χ3n) is 12.6. The molecule has 2 aliphatic heterocycles. The molecule has 7 rings (SSSR count). The van der Waals surface area contributed by atoms with Gasteiger partial charge in [-0.05, 0) is 96.2 Å². The second-order valence-electron chi connectivity index (χ2n) is 16.4. The second kappa shape index (κ2) is 19.6. The largest absolute Gasteiger partial charge is 0.453 e. The van der Waals surface area contributed by atoms with E-state index in [4.69, 9.17) is 9.47 Å². The van der Waals surface area contributed by atoms with E-state index < -0.39 is 41.8 Å². The van der Waals surface area contributed by atoms with Crippen LogP contribution in [0.5, 0.6) is 0 Å². The van der Waals surface area contributed by atoms with Crippen molar-refractivity contribution in [2.75, 3.05) is 37.9 Å². The van der Waals surface area contributed by atoms with Crippen LogP contribution in [-0.4, -0.2) is 85.0 Å². The Morgan fingerprint density at radius 3 is 1.37 bits per heavy atom. The van der Waals surface area contributed by atoms with Crippen molar-refractivity contribution in [3.05, 3.63) is 119 Å². The zero-order valence-corrected chi connectivity index (χ0v) is 36.3. The fourth-order valence-corrected chi connectivity index (χ4v) is 9.78. The molecule has 0 aromatic heterocycles. The molecule has 4 aromatic rings. The van der Waals surface area contributed by atoms with Gasteiger partial charge in [-0.2, -0.15) is 0 Å². The van der Waals surface area contributed by atoms with Crippen LogP contribution < -0.4 is 21.3 Å². The van der Waals surface area contributed by atoms with Gasteiger partial charge in [-0.15, -0.1) is 0 Å². The summed E-state index contributed by atoms with van der Waals surface area (Å²) in [4.78, 5) is 83.9. The van der Waals surface area contributed by atoms with Gasteiger partial charge in [0.2, 0.25) is 11.8 Å². The van der Waals surface area contributed by atoms with Gasteiger partial charge in [0.15, 0.2) is 0 Å². The van der Waals surface area contributed by atoms with Crippen molar-refractivity contribution in [3.63, 3.8) is 0 Å². The van der Waals surface area contributed by atoms with Gasteiger partial charge >= 0.3 is 12.2 Å². The summed E-state index contributed by atoms with van der Waals surface area (Å²) in [5, 5.41) is 11.6. The van der Waals surface area contributed by atoms with Crippen molar-refractivity contribution in [1.82, 2.24) is 20.4 Å². The van der Waals surface area contributed by atoms with E-state index in [0.717, 1.165) is 47.9 Å².